The van der Waals surface area contributed by atoms with Crippen LogP contribution in [0, 0.1) is 6.92 Å². The first-order chi connectivity index (χ1) is 15.6. The summed E-state index contributed by atoms with van der Waals surface area (Å²) in [6.07, 6.45) is 2.96. The first-order valence-electron chi connectivity index (χ1n) is 11.6. The van der Waals surface area contributed by atoms with E-state index in [1.165, 1.54) is 16.9 Å². The Labute approximate surface area is 189 Å². The molecule has 0 atom stereocenters. The molecule has 2 heterocycles. The minimum atomic E-state index is -0.0813. The molecule has 5 rings (SSSR count). The number of anilines is 1. The molecule has 3 aromatic rings. The first kappa shape index (κ1) is 20.8. The summed E-state index contributed by atoms with van der Waals surface area (Å²) in [6.45, 7) is 6.72. The molecule has 6 heteroatoms. The van der Waals surface area contributed by atoms with Crippen molar-refractivity contribution in [3.63, 3.8) is 0 Å². The molecule has 1 N–H and O–H groups in total. The third-order valence-corrected chi connectivity index (χ3v) is 6.70. The Hall–Kier alpha value is -3.12. The lowest BCUT2D eigenvalue weighted by atomic mass is 10.1. The Morgan fingerprint density at radius 1 is 1.00 bits per heavy atom. The summed E-state index contributed by atoms with van der Waals surface area (Å²) < 4.78 is 1.97. The molecule has 0 unspecified atom stereocenters. The number of fused-ring (bicyclic) bond motifs is 1. The van der Waals surface area contributed by atoms with Crippen LogP contribution < -0.4 is 10.2 Å². The van der Waals surface area contributed by atoms with Gasteiger partial charge in [0.25, 0.3) is 5.91 Å². The minimum Gasteiger partial charge on any atom is -0.369 e. The van der Waals surface area contributed by atoms with E-state index in [-0.39, 0.29) is 5.91 Å². The lowest BCUT2D eigenvalue weighted by molar-refractivity contribution is 0.0944. The topological polar surface area (TPSA) is 53.4 Å². The Bertz CT molecular complexity index is 1110. The Balaban J connectivity index is 1.35. The van der Waals surface area contributed by atoms with Gasteiger partial charge in [0, 0.05) is 49.7 Å². The number of hydrogen-bond acceptors (Lipinski definition) is 4. The summed E-state index contributed by atoms with van der Waals surface area (Å²) in [6, 6.07) is 16.7. The fraction of sp³-hybridized carbons (Fsp3) is 0.385. The highest BCUT2D eigenvalue weighted by Crippen LogP contribution is 2.28. The van der Waals surface area contributed by atoms with E-state index in [0.29, 0.717) is 12.2 Å². The summed E-state index contributed by atoms with van der Waals surface area (Å²) in [5, 5.41) is 7.91. The molecule has 1 amide bonds. The molecular weight excluding hydrogens is 398 g/mol. The number of piperazine rings is 1. The zero-order chi connectivity index (χ0) is 22.1. The van der Waals surface area contributed by atoms with Crippen molar-refractivity contribution in [2.75, 3.05) is 38.1 Å². The number of rotatable bonds is 5. The Kier molecular flexibility index (Phi) is 5.70. The molecule has 2 aromatic carbocycles. The monoisotopic (exact) mass is 429 g/mol. The number of aromatic nitrogens is 2. The van der Waals surface area contributed by atoms with E-state index in [9.17, 15) is 4.79 Å². The molecule has 6 nitrogen and oxygen atoms in total. The third-order valence-electron chi connectivity index (χ3n) is 6.70. The van der Waals surface area contributed by atoms with Gasteiger partial charge in [-0.1, -0.05) is 35.9 Å². The SMILES string of the molecule is Cc1ccc(-n2nc(C(=O)NCc3ccccc3N3CCN(C)CC3)c3c2CCC3)cc1. The fourth-order valence-electron chi connectivity index (χ4n) is 4.79. The van der Waals surface area contributed by atoms with Gasteiger partial charge in [0.2, 0.25) is 0 Å². The molecule has 0 radical (unpaired) electrons. The Morgan fingerprint density at radius 3 is 2.53 bits per heavy atom. The van der Waals surface area contributed by atoms with Gasteiger partial charge < -0.3 is 15.1 Å². The molecule has 1 aliphatic carbocycles. The first-order valence-corrected chi connectivity index (χ1v) is 11.6. The summed E-state index contributed by atoms with van der Waals surface area (Å²) in [5.74, 6) is -0.0813. The van der Waals surface area contributed by atoms with Crippen molar-refractivity contribution >= 4 is 11.6 Å². The number of amides is 1. The minimum absolute atomic E-state index is 0.0813. The van der Waals surface area contributed by atoms with Gasteiger partial charge in [-0.3, -0.25) is 4.79 Å². The van der Waals surface area contributed by atoms with Crippen molar-refractivity contribution in [2.24, 2.45) is 0 Å². The number of nitrogens with zero attached hydrogens (tertiary/aromatic N) is 4. The fourth-order valence-corrected chi connectivity index (χ4v) is 4.79. The number of carbonyl (C=O) groups is 1. The number of para-hydroxylation sites is 1. The number of benzene rings is 2. The van der Waals surface area contributed by atoms with Crippen LogP contribution in [0.15, 0.2) is 48.5 Å². The van der Waals surface area contributed by atoms with Crippen LogP contribution in [0.3, 0.4) is 0 Å². The van der Waals surface area contributed by atoms with Crippen LogP contribution >= 0.6 is 0 Å². The normalized spacial score (nSPS) is 16.2. The highest BCUT2D eigenvalue weighted by Gasteiger charge is 2.27. The molecule has 0 bridgehead atoms. The van der Waals surface area contributed by atoms with Gasteiger partial charge >= 0.3 is 0 Å². The van der Waals surface area contributed by atoms with Crippen LogP contribution in [0.1, 0.15) is 39.3 Å². The van der Waals surface area contributed by atoms with E-state index in [1.807, 2.05) is 10.7 Å². The summed E-state index contributed by atoms with van der Waals surface area (Å²) in [7, 11) is 2.16. The zero-order valence-corrected chi connectivity index (χ0v) is 19.0. The van der Waals surface area contributed by atoms with Gasteiger partial charge in [-0.05, 0) is 57.0 Å². The number of aryl methyl sites for hydroxylation is 1. The smallest absolute Gasteiger partial charge is 0.272 e. The third kappa shape index (κ3) is 4.02. The van der Waals surface area contributed by atoms with Crippen molar-refractivity contribution in [1.29, 1.82) is 0 Å². The molecule has 1 saturated heterocycles. The molecule has 2 aliphatic rings. The van der Waals surface area contributed by atoms with Gasteiger partial charge in [0.05, 0.1) is 5.69 Å². The highest BCUT2D eigenvalue weighted by molar-refractivity contribution is 5.94. The van der Waals surface area contributed by atoms with Crippen molar-refractivity contribution in [2.45, 2.75) is 32.7 Å². The highest BCUT2D eigenvalue weighted by atomic mass is 16.1. The summed E-state index contributed by atoms with van der Waals surface area (Å²) in [4.78, 5) is 18.0. The average Bonchev–Trinajstić information content (AvgIpc) is 3.42. The molecule has 1 aliphatic heterocycles. The van der Waals surface area contributed by atoms with Gasteiger partial charge in [-0.25, -0.2) is 4.68 Å². The van der Waals surface area contributed by atoms with Crippen molar-refractivity contribution in [3.05, 3.63) is 76.6 Å². The Morgan fingerprint density at radius 2 is 1.75 bits per heavy atom. The average molecular weight is 430 g/mol. The van der Waals surface area contributed by atoms with Crippen molar-refractivity contribution in [1.82, 2.24) is 20.0 Å². The molecule has 32 heavy (non-hydrogen) atoms. The number of nitrogens with one attached hydrogen (secondary N) is 1. The maximum atomic E-state index is 13.2. The standard InChI is InChI=1S/C26H31N5O/c1-19-10-12-21(13-11-19)31-24-9-5-7-22(24)25(28-31)26(32)27-18-20-6-3-4-8-23(20)30-16-14-29(2)15-17-30/h3-4,6,8,10-13H,5,7,9,14-18H2,1-2H3,(H,27,32). The molecule has 0 saturated carbocycles. The van der Waals surface area contributed by atoms with Gasteiger partial charge in [-0.15, -0.1) is 0 Å². The zero-order valence-electron chi connectivity index (χ0n) is 19.0. The number of carbonyl (C=O) groups excluding carboxylic acids is 1. The molecule has 1 aromatic heterocycles. The quantitative estimate of drug-likeness (QED) is 0.676. The molecule has 0 spiro atoms. The predicted molar refractivity (Wildman–Crippen MR) is 128 cm³/mol. The summed E-state index contributed by atoms with van der Waals surface area (Å²) in [5.41, 5.74) is 7.47. The molecule has 166 valence electrons. The van der Waals surface area contributed by atoms with Crippen LogP contribution in [0.5, 0.6) is 0 Å². The van der Waals surface area contributed by atoms with E-state index >= 15 is 0 Å². The maximum Gasteiger partial charge on any atom is 0.272 e. The van der Waals surface area contributed by atoms with Gasteiger partial charge in [-0.2, -0.15) is 5.10 Å². The van der Waals surface area contributed by atoms with E-state index < -0.39 is 0 Å². The molecular formula is C26H31N5O. The van der Waals surface area contributed by atoms with Crippen LogP contribution in [0.4, 0.5) is 5.69 Å². The second-order valence-corrected chi connectivity index (χ2v) is 8.98. The van der Waals surface area contributed by atoms with E-state index in [0.717, 1.165) is 62.3 Å². The van der Waals surface area contributed by atoms with Gasteiger partial charge in [0.15, 0.2) is 5.69 Å². The van der Waals surface area contributed by atoms with E-state index in [2.05, 4.69) is 71.6 Å². The molecule has 1 fully saturated rings. The van der Waals surface area contributed by atoms with Crippen LogP contribution in [-0.4, -0.2) is 53.8 Å². The van der Waals surface area contributed by atoms with Crippen LogP contribution in [0.2, 0.25) is 0 Å². The largest absolute Gasteiger partial charge is 0.369 e. The number of hydrogen-bond donors (Lipinski definition) is 1. The van der Waals surface area contributed by atoms with E-state index in [4.69, 9.17) is 5.10 Å². The second kappa shape index (κ2) is 8.79. The van der Waals surface area contributed by atoms with Gasteiger partial charge in [0.1, 0.15) is 0 Å². The lowest BCUT2D eigenvalue weighted by Crippen LogP contribution is -2.45. The number of likely N-dealkylation sites (N-methyl/N-ethyl adjacent to an activating group) is 1. The maximum absolute atomic E-state index is 13.2. The second-order valence-electron chi connectivity index (χ2n) is 8.98. The van der Waals surface area contributed by atoms with Crippen LogP contribution in [-0.2, 0) is 19.4 Å². The predicted octanol–water partition coefficient (Wildman–Crippen LogP) is 3.35. The van der Waals surface area contributed by atoms with Crippen molar-refractivity contribution in [3.8, 4) is 5.69 Å². The summed E-state index contributed by atoms with van der Waals surface area (Å²) >= 11 is 0. The van der Waals surface area contributed by atoms with Crippen LogP contribution in [0.25, 0.3) is 5.69 Å². The lowest BCUT2D eigenvalue weighted by Gasteiger charge is -2.35. The van der Waals surface area contributed by atoms with Crippen molar-refractivity contribution < 1.29 is 4.79 Å². The van der Waals surface area contributed by atoms with E-state index in [1.54, 1.807) is 0 Å².